The van der Waals surface area contributed by atoms with Crippen molar-refractivity contribution in [2.45, 2.75) is 45.7 Å². The minimum absolute atomic E-state index is 0.0253. The molecule has 4 rings (SSSR count). The van der Waals surface area contributed by atoms with E-state index in [1.807, 2.05) is 36.9 Å². The van der Waals surface area contributed by atoms with Crippen LogP contribution in [0.3, 0.4) is 0 Å². The molecule has 2 amide bonds. The van der Waals surface area contributed by atoms with E-state index >= 15 is 0 Å². The Morgan fingerprint density at radius 3 is 2.33 bits per heavy atom. The monoisotopic (exact) mass is 459 g/mol. The van der Waals surface area contributed by atoms with Gasteiger partial charge in [0.1, 0.15) is 0 Å². The van der Waals surface area contributed by atoms with Gasteiger partial charge in [-0.1, -0.05) is 18.2 Å². The highest BCUT2D eigenvalue weighted by Crippen LogP contribution is 2.36. The Morgan fingerprint density at radius 2 is 1.70 bits per heavy atom. The van der Waals surface area contributed by atoms with E-state index < -0.39 is 23.6 Å². The number of piperidine rings is 1. The molecule has 2 aliphatic heterocycles. The largest absolute Gasteiger partial charge is 0.416 e. The Labute approximate surface area is 191 Å². The number of aryl methyl sites for hydroxylation is 2. The topological polar surface area (TPSA) is 52.7 Å². The Hall–Kier alpha value is -3.03. The van der Waals surface area contributed by atoms with Crippen LogP contribution in [-0.2, 0) is 15.8 Å². The van der Waals surface area contributed by atoms with Gasteiger partial charge < -0.3 is 15.1 Å². The number of rotatable bonds is 4. The summed E-state index contributed by atoms with van der Waals surface area (Å²) in [7, 11) is 0. The van der Waals surface area contributed by atoms with Gasteiger partial charge in [-0.2, -0.15) is 13.2 Å². The van der Waals surface area contributed by atoms with E-state index in [4.69, 9.17) is 0 Å². The minimum Gasteiger partial charge on any atom is -0.371 e. The van der Waals surface area contributed by atoms with Gasteiger partial charge in [-0.15, -0.1) is 0 Å². The van der Waals surface area contributed by atoms with Crippen LogP contribution >= 0.6 is 0 Å². The molecule has 0 spiro atoms. The number of carbonyl (C=O) groups excluding carboxylic acids is 2. The summed E-state index contributed by atoms with van der Waals surface area (Å²) in [5, 5.41) is 2.65. The molecular formula is C25H28F3N3O2. The van der Waals surface area contributed by atoms with Crippen LogP contribution in [0.1, 0.15) is 42.4 Å². The van der Waals surface area contributed by atoms with Gasteiger partial charge in [0.05, 0.1) is 11.5 Å². The second kappa shape index (κ2) is 9.08. The normalized spacial score (nSPS) is 19.2. The van der Waals surface area contributed by atoms with Crippen LogP contribution in [-0.4, -0.2) is 31.4 Å². The Balaban J connectivity index is 1.55. The van der Waals surface area contributed by atoms with E-state index in [0.717, 1.165) is 48.2 Å². The lowest BCUT2D eigenvalue weighted by atomic mass is 10.1. The third-order valence-corrected chi connectivity index (χ3v) is 6.44. The summed E-state index contributed by atoms with van der Waals surface area (Å²) in [4.78, 5) is 29.2. The number of nitrogens with one attached hydrogen (secondary N) is 1. The molecule has 2 saturated heterocycles. The molecule has 176 valence electrons. The number of carbonyl (C=O) groups is 2. The average Bonchev–Trinajstić information content (AvgIpc) is 3.15. The molecule has 0 radical (unpaired) electrons. The van der Waals surface area contributed by atoms with Crippen molar-refractivity contribution < 1.29 is 22.8 Å². The second-order valence-electron chi connectivity index (χ2n) is 8.95. The standard InChI is InChI=1S/C25H28F3N3O2/c1-16-7-6-8-17(2)23(16)31-15-18(11-22(31)32)24(33)29-20-12-19(25(26,27)28)13-21(14-20)30-9-4-3-5-10-30/h6-8,12-14,18H,3-5,9-11,15H2,1-2H3,(H,29,33). The lowest BCUT2D eigenvalue weighted by molar-refractivity contribution is -0.137. The zero-order valence-corrected chi connectivity index (χ0v) is 18.8. The van der Waals surface area contributed by atoms with Crippen LogP contribution in [0.15, 0.2) is 36.4 Å². The maximum Gasteiger partial charge on any atom is 0.416 e. The Kier molecular flexibility index (Phi) is 6.36. The molecule has 2 heterocycles. The van der Waals surface area contributed by atoms with E-state index in [-0.39, 0.29) is 24.6 Å². The van der Waals surface area contributed by atoms with Crippen molar-refractivity contribution in [2.24, 2.45) is 5.92 Å². The first-order valence-corrected chi connectivity index (χ1v) is 11.3. The molecule has 2 fully saturated rings. The van der Waals surface area contributed by atoms with Crippen molar-refractivity contribution in [3.63, 3.8) is 0 Å². The van der Waals surface area contributed by atoms with Gasteiger partial charge in [0, 0.05) is 43.1 Å². The zero-order valence-electron chi connectivity index (χ0n) is 18.8. The number of alkyl halides is 3. The number of anilines is 3. The van der Waals surface area contributed by atoms with E-state index in [9.17, 15) is 22.8 Å². The molecule has 0 saturated carbocycles. The Bertz CT molecular complexity index is 1040. The number of nitrogens with zero attached hydrogens (tertiary/aromatic N) is 2. The van der Waals surface area contributed by atoms with Crippen LogP contribution in [0.5, 0.6) is 0 Å². The number of hydrogen-bond donors (Lipinski definition) is 1. The molecular weight excluding hydrogens is 431 g/mol. The lowest BCUT2D eigenvalue weighted by Gasteiger charge is -2.30. The number of halogens is 3. The summed E-state index contributed by atoms with van der Waals surface area (Å²) < 4.78 is 40.6. The molecule has 2 aromatic carbocycles. The minimum atomic E-state index is -4.52. The quantitative estimate of drug-likeness (QED) is 0.675. The van der Waals surface area contributed by atoms with Crippen molar-refractivity contribution >= 4 is 28.9 Å². The summed E-state index contributed by atoms with van der Waals surface area (Å²) in [6.07, 6.45) is -1.58. The van der Waals surface area contributed by atoms with E-state index in [2.05, 4.69) is 5.32 Å². The van der Waals surface area contributed by atoms with Gasteiger partial charge in [-0.25, -0.2) is 0 Å². The molecule has 5 nitrogen and oxygen atoms in total. The maximum atomic E-state index is 13.5. The predicted octanol–water partition coefficient (Wildman–Crippen LogP) is 5.30. The van der Waals surface area contributed by atoms with Gasteiger partial charge in [0.25, 0.3) is 0 Å². The second-order valence-corrected chi connectivity index (χ2v) is 8.95. The van der Waals surface area contributed by atoms with E-state index in [0.29, 0.717) is 18.8 Å². The molecule has 1 atom stereocenters. The van der Waals surface area contributed by atoms with Crippen LogP contribution in [0, 0.1) is 19.8 Å². The molecule has 2 aliphatic rings. The van der Waals surface area contributed by atoms with Crippen molar-refractivity contribution in [1.29, 1.82) is 0 Å². The number of amides is 2. The molecule has 0 aromatic heterocycles. The van der Waals surface area contributed by atoms with Gasteiger partial charge in [-0.05, 0) is 62.4 Å². The first-order valence-electron chi connectivity index (χ1n) is 11.3. The smallest absolute Gasteiger partial charge is 0.371 e. The highest BCUT2D eigenvalue weighted by Gasteiger charge is 2.37. The molecule has 1 unspecified atom stereocenters. The number of benzene rings is 2. The van der Waals surface area contributed by atoms with Crippen LogP contribution in [0.4, 0.5) is 30.2 Å². The average molecular weight is 460 g/mol. The summed E-state index contributed by atoms with van der Waals surface area (Å²) in [5.74, 6) is -1.24. The first kappa shape index (κ1) is 23.1. The van der Waals surface area contributed by atoms with Crippen LogP contribution < -0.4 is 15.1 Å². The fraction of sp³-hybridized carbons (Fsp3) is 0.440. The third kappa shape index (κ3) is 4.99. The van der Waals surface area contributed by atoms with Crippen molar-refractivity contribution in [3.05, 3.63) is 53.1 Å². The van der Waals surface area contributed by atoms with Gasteiger partial charge >= 0.3 is 6.18 Å². The molecule has 1 N–H and O–H groups in total. The fourth-order valence-corrected chi connectivity index (χ4v) is 4.76. The first-order chi connectivity index (χ1) is 15.6. The molecule has 0 bridgehead atoms. The highest BCUT2D eigenvalue weighted by molar-refractivity contribution is 6.04. The lowest BCUT2D eigenvalue weighted by Crippen LogP contribution is -2.30. The molecule has 8 heteroatoms. The maximum absolute atomic E-state index is 13.5. The molecule has 0 aliphatic carbocycles. The van der Waals surface area contributed by atoms with Crippen LogP contribution in [0.2, 0.25) is 0 Å². The molecule has 33 heavy (non-hydrogen) atoms. The predicted molar refractivity (Wildman–Crippen MR) is 123 cm³/mol. The molecule has 2 aromatic rings. The van der Waals surface area contributed by atoms with E-state index in [1.54, 1.807) is 11.0 Å². The van der Waals surface area contributed by atoms with Crippen molar-refractivity contribution in [2.75, 3.05) is 34.8 Å². The summed E-state index contributed by atoms with van der Waals surface area (Å²) in [6, 6.07) is 9.43. The van der Waals surface area contributed by atoms with Gasteiger partial charge in [0.15, 0.2) is 0 Å². The summed E-state index contributed by atoms with van der Waals surface area (Å²) >= 11 is 0. The third-order valence-electron chi connectivity index (χ3n) is 6.44. The van der Waals surface area contributed by atoms with E-state index in [1.165, 1.54) is 0 Å². The SMILES string of the molecule is Cc1cccc(C)c1N1CC(C(=O)Nc2cc(N3CCCCC3)cc(C(F)(F)F)c2)CC1=O. The van der Waals surface area contributed by atoms with Crippen LogP contribution in [0.25, 0.3) is 0 Å². The Morgan fingerprint density at radius 1 is 1.03 bits per heavy atom. The fourth-order valence-electron chi connectivity index (χ4n) is 4.76. The van der Waals surface area contributed by atoms with Crippen molar-refractivity contribution in [1.82, 2.24) is 0 Å². The van der Waals surface area contributed by atoms with Gasteiger partial charge in [0.2, 0.25) is 11.8 Å². The van der Waals surface area contributed by atoms with Gasteiger partial charge in [-0.3, -0.25) is 9.59 Å². The number of hydrogen-bond acceptors (Lipinski definition) is 3. The number of para-hydroxylation sites is 1. The highest BCUT2D eigenvalue weighted by atomic mass is 19.4. The summed E-state index contributed by atoms with van der Waals surface area (Å²) in [5.41, 5.74) is 2.44. The summed E-state index contributed by atoms with van der Waals surface area (Å²) in [6.45, 7) is 5.41. The van der Waals surface area contributed by atoms with Crippen molar-refractivity contribution in [3.8, 4) is 0 Å². The zero-order chi connectivity index (χ0) is 23.8.